The largest absolute Gasteiger partial charge is 0.449 e. The van der Waals surface area contributed by atoms with Crippen LogP contribution in [0.25, 0.3) is 0 Å². The lowest BCUT2D eigenvalue weighted by molar-refractivity contribution is 0.470. The molecule has 0 amide bonds. The minimum atomic E-state index is 0.835. The van der Waals surface area contributed by atoms with Crippen molar-refractivity contribution in [3.05, 3.63) is 18.4 Å². The Kier molecular flexibility index (Phi) is 4.58. The maximum atomic E-state index is 5.15. The van der Waals surface area contributed by atoms with E-state index in [4.69, 9.17) is 4.42 Å². The molecule has 0 saturated heterocycles. The Balaban J connectivity index is 1.96. The minimum Gasteiger partial charge on any atom is -0.449 e. The van der Waals surface area contributed by atoms with E-state index in [2.05, 4.69) is 18.8 Å². The van der Waals surface area contributed by atoms with Gasteiger partial charge in [0.2, 0.25) is 0 Å². The fourth-order valence-electron chi connectivity index (χ4n) is 1.38. The van der Waals surface area contributed by atoms with Gasteiger partial charge >= 0.3 is 0 Å². The van der Waals surface area contributed by atoms with Crippen LogP contribution in [0.5, 0.6) is 0 Å². The molecule has 0 aliphatic rings. The van der Waals surface area contributed by atoms with Gasteiger partial charge in [-0.3, -0.25) is 0 Å². The van der Waals surface area contributed by atoms with E-state index in [0.717, 1.165) is 18.2 Å². The second kappa shape index (κ2) is 5.79. The number of unbranched alkanes of at least 4 members (excludes halogenated alkanes) is 2. The molecule has 0 aliphatic carbocycles. The second-order valence-electron chi connectivity index (χ2n) is 3.92. The minimum absolute atomic E-state index is 0.835. The summed E-state index contributed by atoms with van der Waals surface area (Å²) in [5.74, 6) is 1.71. The summed E-state index contributed by atoms with van der Waals surface area (Å²) in [6, 6.07) is 0. The molecule has 0 aliphatic heterocycles. The Morgan fingerprint density at radius 2 is 2.15 bits per heavy atom. The van der Waals surface area contributed by atoms with Crippen LogP contribution in [-0.2, 0) is 6.42 Å². The first-order valence-electron chi connectivity index (χ1n) is 5.17. The Hall–Kier alpha value is -0.790. The molecule has 0 unspecified atom stereocenters. The van der Waals surface area contributed by atoms with Gasteiger partial charge in [-0.05, 0) is 12.3 Å². The summed E-state index contributed by atoms with van der Waals surface area (Å²) in [5.41, 5.74) is 0. The predicted molar refractivity (Wildman–Crippen MR) is 53.5 cm³/mol. The first-order chi connectivity index (χ1) is 6.29. The van der Waals surface area contributed by atoms with E-state index in [0.29, 0.717) is 0 Å². The molecular weight excluding hydrogens is 162 g/mol. The lowest BCUT2D eigenvalue weighted by atomic mass is 10.0. The highest BCUT2D eigenvalue weighted by atomic mass is 16.3. The van der Waals surface area contributed by atoms with Gasteiger partial charge in [-0.1, -0.05) is 33.1 Å². The fraction of sp³-hybridized carbons (Fsp3) is 0.727. The molecule has 2 nitrogen and oxygen atoms in total. The van der Waals surface area contributed by atoms with Crippen LogP contribution in [0.1, 0.15) is 45.4 Å². The van der Waals surface area contributed by atoms with Crippen LogP contribution in [0.2, 0.25) is 0 Å². The molecule has 1 heterocycles. The first-order valence-corrected chi connectivity index (χ1v) is 5.17. The Morgan fingerprint density at radius 3 is 2.77 bits per heavy atom. The van der Waals surface area contributed by atoms with E-state index in [1.165, 1.54) is 25.7 Å². The number of hydrogen-bond acceptors (Lipinski definition) is 2. The molecule has 1 aromatic heterocycles. The molecule has 74 valence electrons. The van der Waals surface area contributed by atoms with Crippen molar-refractivity contribution >= 4 is 0 Å². The van der Waals surface area contributed by atoms with E-state index in [-0.39, 0.29) is 0 Å². The van der Waals surface area contributed by atoms with E-state index in [1.54, 1.807) is 12.5 Å². The summed E-state index contributed by atoms with van der Waals surface area (Å²) < 4.78 is 5.15. The monoisotopic (exact) mass is 181 g/mol. The van der Waals surface area contributed by atoms with Gasteiger partial charge in [0, 0.05) is 6.42 Å². The van der Waals surface area contributed by atoms with E-state index < -0.39 is 0 Å². The Labute approximate surface area is 80.4 Å². The van der Waals surface area contributed by atoms with Gasteiger partial charge in [-0.25, -0.2) is 4.98 Å². The van der Waals surface area contributed by atoms with E-state index in [1.807, 2.05) is 0 Å². The van der Waals surface area contributed by atoms with E-state index in [9.17, 15) is 0 Å². The van der Waals surface area contributed by atoms with Crippen molar-refractivity contribution in [1.82, 2.24) is 4.98 Å². The van der Waals surface area contributed by atoms with Crippen molar-refractivity contribution < 1.29 is 4.42 Å². The van der Waals surface area contributed by atoms with Gasteiger partial charge in [0.15, 0.2) is 5.89 Å². The molecule has 0 spiro atoms. The zero-order valence-corrected chi connectivity index (χ0v) is 8.62. The van der Waals surface area contributed by atoms with Crippen LogP contribution in [0.15, 0.2) is 16.9 Å². The van der Waals surface area contributed by atoms with Gasteiger partial charge in [-0.2, -0.15) is 0 Å². The average Bonchev–Trinajstić information content (AvgIpc) is 2.55. The fourth-order valence-corrected chi connectivity index (χ4v) is 1.38. The van der Waals surface area contributed by atoms with Crippen LogP contribution in [0, 0.1) is 5.92 Å². The molecule has 0 atom stereocenters. The average molecular weight is 181 g/mol. The highest BCUT2D eigenvalue weighted by Crippen LogP contribution is 2.10. The molecule has 2 heteroatoms. The molecular formula is C11H19NO. The van der Waals surface area contributed by atoms with Gasteiger partial charge < -0.3 is 4.42 Å². The highest BCUT2D eigenvalue weighted by Gasteiger charge is 1.98. The lowest BCUT2D eigenvalue weighted by Crippen LogP contribution is -1.89. The molecule has 0 aromatic carbocycles. The molecule has 1 aromatic rings. The number of hydrogen-bond donors (Lipinski definition) is 0. The van der Waals surface area contributed by atoms with Crippen molar-refractivity contribution in [3.63, 3.8) is 0 Å². The zero-order chi connectivity index (χ0) is 9.52. The molecule has 0 N–H and O–H groups in total. The number of nitrogens with zero attached hydrogens (tertiary/aromatic N) is 1. The first kappa shape index (κ1) is 10.3. The molecule has 0 fully saturated rings. The van der Waals surface area contributed by atoms with Crippen molar-refractivity contribution in [2.75, 3.05) is 0 Å². The van der Waals surface area contributed by atoms with Gasteiger partial charge in [0.25, 0.3) is 0 Å². The summed E-state index contributed by atoms with van der Waals surface area (Å²) in [6.45, 7) is 4.54. The van der Waals surface area contributed by atoms with Gasteiger partial charge in [0.1, 0.15) is 6.26 Å². The number of oxazole rings is 1. The van der Waals surface area contributed by atoms with Crippen LogP contribution < -0.4 is 0 Å². The third-order valence-electron chi connectivity index (χ3n) is 2.16. The SMILES string of the molecule is CC(C)CCCCCc1ncco1. The van der Waals surface area contributed by atoms with Crippen LogP contribution in [0.3, 0.4) is 0 Å². The summed E-state index contributed by atoms with van der Waals surface area (Å²) in [7, 11) is 0. The van der Waals surface area contributed by atoms with Gasteiger partial charge in [0.05, 0.1) is 6.20 Å². The van der Waals surface area contributed by atoms with Crippen LogP contribution in [-0.4, -0.2) is 4.98 Å². The van der Waals surface area contributed by atoms with Crippen molar-refractivity contribution in [2.24, 2.45) is 5.92 Å². The number of aromatic nitrogens is 1. The Morgan fingerprint density at radius 1 is 1.31 bits per heavy atom. The molecule has 0 bridgehead atoms. The molecule has 0 saturated carbocycles. The van der Waals surface area contributed by atoms with Crippen LogP contribution in [0.4, 0.5) is 0 Å². The second-order valence-corrected chi connectivity index (χ2v) is 3.92. The topological polar surface area (TPSA) is 26.0 Å². The third kappa shape index (κ3) is 4.71. The maximum absolute atomic E-state index is 5.15. The zero-order valence-electron chi connectivity index (χ0n) is 8.62. The predicted octanol–water partition coefficient (Wildman–Crippen LogP) is 3.43. The maximum Gasteiger partial charge on any atom is 0.193 e. The molecule has 1 rings (SSSR count). The lowest BCUT2D eigenvalue weighted by Gasteiger charge is -2.02. The molecule has 13 heavy (non-hydrogen) atoms. The summed E-state index contributed by atoms with van der Waals surface area (Å²) in [6.07, 6.45) is 9.51. The highest BCUT2D eigenvalue weighted by molar-refractivity contribution is 4.79. The van der Waals surface area contributed by atoms with Gasteiger partial charge in [-0.15, -0.1) is 0 Å². The summed E-state index contributed by atoms with van der Waals surface area (Å²) in [5, 5.41) is 0. The number of aryl methyl sites for hydroxylation is 1. The molecule has 0 radical (unpaired) electrons. The van der Waals surface area contributed by atoms with E-state index >= 15 is 0 Å². The number of rotatable bonds is 6. The van der Waals surface area contributed by atoms with Crippen molar-refractivity contribution in [3.8, 4) is 0 Å². The smallest absolute Gasteiger partial charge is 0.193 e. The standard InChI is InChI=1S/C11H19NO/c1-10(2)6-4-3-5-7-11-12-8-9-13-11/h8-10H,3-7H2,1-2H3. The normalized spacial score (nSPS) is 11.0. The van der Waals surface area contributed by atoms with Crippen molar-refractivity contribution in [2.45, 2.75) is 46.0 Å². The van der Waals surface area contributed by atoms with Crippen LogP contribution >= 0.6 is 0 Å². The summed E-state index contributed by atoms with van der Waals surface area (Å²) >= 11 is 0. The third-order valence-corrected chi connectivity index (χ3v) is 2.16. The Bertz CT molecular complexity index is 204. The van der Waals surface area contributed by atoms with Crippen molar-refractivity contribution in [1.29, 1.82) is 0 Å². The quantitative estimate of drug-likeness (QED) is 0.628. The summed E-state index contributed by atoms with van der Waals surface area (Å²) in [4.78, 5) is 4.08.